The zero-order valence-electron chi connectivity index (χ0n) is 30.1. The Labute approximate surface area is 313 Å². The number of thiazole rings is 1. The average Bonchev–Trinajstić information content (AvgIpc) is 3.83. The molecule has 14 heteroatoms. The van der Waals surface area contributed by atoms with E-state index in [0.717, 1.165) is 16.1 Å². The standard InChI is InChI=1S/C39H48N6O7S/c1-24(2)18-29-36(49)42-28-15-17-52-32(35(28)48)21-44(34(47)20-27-23-53-38(40-27)26-12-7-4-8-13-26)22-33(46)41-30(19-25-10-5-3-6-11-25)39(51)45-16-9-14-31(45)37(50)43-29/h3-8,10-13,23-24,28-32,35,48H,9,14-22H2,1-2H3,(H,41,46)(H,42,49)(H,43,50)/t28-,29+,30-,31+,32+,35-/m0/s1. The van der Waals surface area contributed by atoms with E-state index in [2.05, 4.69) is 20.9 Å². The number of amides is 5. The highest BCUT2D eigenvalue weighted by atomic mass is 32.1. The van der Waals surface area contributed by atoms with Gasteiger partial charge in [-0.25, -0.2) is 4.98 Å². The van der Waals surface area contributed by atoms with E-state index in [1.54, 1.807) is 5.38 Å². The molecule has 0 radical (unpaired) electrons. The van der Waals surface area contributed by atoms with Gasteiger partial charge in [0.15, 0.2) is 0 Å². The number of fused-ring (bicyclic) bond motifs is 3. The van der Waals surface area contributed by atoms with Crippen LogP contribution >= 0.6 is 11.3 Å². The summed E-state index contributed by atoms with van der Waals surface area (Å²) in [5, 5.41) is 22.8. The first kappa shape index (κ1) is 38.1. The molecule has 6 rings (SSSR count). The number of nitrogens with one attached hydrogen (secondary N) is 3. The number of nitrogens with zero attached hydrogens (tertiary/aromatic N) is 3. The maximum atomic E-state index is 14.3. The van der Waals surface area contributed by atoms with Crippen molar-refractivity contribution in [3.8, 4) is 10.6 Å². The highest BCUT2D eigenvalue weighted by Crippen LogP contribution is 2.25. The molecule has 3 aromatic rings. The highest BCUT2D eigenvalue weighted by Gasteiger charge is 2.41. The van der Waals surface area contributed by atoms with E-state index in [4.69, 9.17) is 4.74 Å². The van der Waals surface area contributed by atoms with Crippen LogP contribution in [0.3, 0.4) is 0 Å². The third-order valence-corrected chi connectivity index (χ3v) is 10.9. The van der Waals surface area contributed by atoms with E-state index in [9.17, 15) is 29.1 Å². The van der Waals surface area contributed by atoms with Crippen molar-refractivity contribution in [1.29, 1.82) is 0 Å². The second kappa shape index (κ2) is 17.4. The van der Waals surface area contributed by atoms with E-state index in [-0.39, 0.29) is 31.9 Å². The number of hydrogen-bond acceptors (Lipinski definition) is 9. The van der Waals surface area contributed by atoms with Crippen LogP contribution in [-0.4, -0.2) is 112 Å². The molecule has 13 nitrogen and oxygen atoms in total. The number of aliphatic hydroxyl groups is 1. The van der Waals surface area contributed by atoms with Crippen molar-refractivity contribution in [2.45, 2.75) is 88.7 Å². The Morgan fingerprint density at radius 1 is 0.962 bits per heavy atom. The van der Waals surface area contributed by atoms with Crippen LogP contribution in [0.1, 0.15) is 50.8 Å². The number of carbonyl (C=O) groups is 5. The molecule has 3 aliphatic heterocycles. The van der Waals surface area contributed by atoms with Crippen molar-refractivity contribution >= 4 is 40.9 Å². The fourth-order valence-electron chi connectivity index (χ4n) is 7.25. The van der Waals surface area contributed by atoms with Crippen molar-refractivity contribution in [1.82, 2.24) is 30.7 Å². The Hall–Kier alpha value is -4.66. The Balaban J connectivity index is 1.31. The summed E-state index contributed by atoms with van der Waals surface area (Å²) in [7, 11) is 0. The minimum Gasteiger partial charge on any atom is -0.388 e. The van der Waals surface area contributed by atoms with Crippen LogP contribution in [0, 0.1) is 5.92 Å². The monoisotopic (exact) mass is 744 g/mol. The molecule has 4 N–H and O–H groups in total. The molecule has 53 heavy (non-hydrogen) atoms. The Kier molecular flexibility index (Phi) is 12.5. The van der Waals surface area contributed by atoms with Crippen LogP contribution in [0.2, 0.25) is 0 Å². The van der Waals surface area contributed by atoms with E-state index >= 15 is 0 Å². The zero-order valence-corrected chi connectivity index (χ0v) is 30.9. The molecule has 3 fully saturated rings. The fraction of sp³-hybridized carbons (Fsp3) is 0.487. The molecule has 2 bridgehead atoms. The van der Waals surface area contributed by atoms with Gasteiger partial charge in [-0.3, -0.25) is 24.0 Å². The molecule has 1 aromatic heterocycles. The second-order valence-corrected chi connectivity index (χ2v) is 15.3. The normalized spacial score (nSPS) is 26.0. The van der Waals surface area contributed by atoms with Gasteiger partial charge in [0.25, 0.3) is 0 Å². The van der Waals surface area contributed by atoms with E-state index in [1.807, 2.05) is 74.5 Å². The van der Waals surface area contributed by atoms with Crippen LogP contribution in [-0.2, 0) is 41.6 Å². The molecule has 3 saturated heterocycles. The van der Waals surface area contributed by atoms with Crippen molar-refractivity contribution in [2.24, 2.45) is 5.92 Å². The highest BCUT2D eigenvalue weighted by molar-refractivity contribution is 7.13. The Bertz CT molecular complexity index is 1750. The number of hydrogen-bond donors (Lipinski definition) is 4. The molecule has 0 unspecified atom stereocenters. The second-order valence-electron chi connectivity index (χ2n) is 14.5. The predicted molar refractivity (Wildman–Crippen MR) is 198 cm³/mol. The number of rotatable bonds is 7. The zero-order chi connectivity index (χ0) is 37.5. The SMILES string of the molecule is CC(C)C[C@H]1NC(=O)[C@H]2CCCN2C(=O)[C@H](Cc2ccccc2)NC(=O)CN(C(=O)Cc2csc(-c3ccccc3)n2)C[C@H]2OCC[C@H](NC1=O)[C@@H]2O. The molecule has 3 aliphatic rings. The van der Waals surface area contributed by atoms with Gasteiger partial charge in [0.1, 0.15) is 35.3 Å². The molecule has 4 heterocycles. The van der Waals surface area contributed by atoms with Crippen molar-refractivity contribution < 1.29 is 33.8 Å². The topological polar surface area (TPSA) is 170 Å². The number of carbonyl (C=O) groups excluding carboxylic acids is 5. The summed E-state index contributed by atoms with van der Waals surface area (Å²) in [5.74, 6) is -2.24. The van der Waals surface area contributed by atoms with Crippen molar-refractivity contribution in [3.05, 3.63) is 77.3 Å². The fourth-order valence-corrected chi connectivity index (χ4v) is 8.08. The molecule has 6 atom stereocenters. The summed E-state index contributed by atoms with van der Waals surface area (Å²) in [6, 6.07) is 15.4. The van der Waals surface area contributed by atoms with Crippen LogP contribution < -0.4 is 16.0 Å². The summed E-state index contributed by atoms with van der Waals surface area (Å²) in [6.45, 7) is 3.84. The van der Waals surface area contributed by atoms with Gasteiger partial charge < -0.3 is 35.6 Å². The largest absolute Gasteiger partial charge is 0.388 e. The first-order chi connectivity index (χ1) is 25.5. The molecule has 0 aliphatic carbocycles. The lowest BCUT2D eigenvalue weighted by atomic mass is 9.97. The van der Waals surface area contributed by atoms with Crippen molar-refractivity contribution in [2.75, 3.05) is 26.2 Å². The lowest BCUT2D eigenvalue weighted by Crippen LogP contribution is -2.60. The molecular weight excluding hydrogens is 697 g/mol. The van der Waals surface area contributed by atoms with Gasteiger partial charge in [-0.15, -0.1) is 11.3 Å². The summed E-state index contributed by atoms with van der Waals surface area (Å²) in [5.41, 5.74) is 2.26. The molecular formula is C39H48N6O7S. The molecule has 2 aromatic carbocycles. The third kappa shape index (κ3) is 9.67. The lowest BCUT2D eigenvalue weighted by Gasteiger charge is -2.38. The van der Waals surface area contributed by atoms with Gasteiger partial charge >= 0.3 is 0 Å². The Morgan fingerprint density at radius 3 is 2.43 bits per heavy atom. The lowest BCUT2D eigenvalue weighted by molar-refractivity contribution is -0.145. The smallest absolute Gasteiger partial charge is 0.246 e. The van der Waals surface area contributed by atoms with Gasteiger partial charge in [-0.2, -0.15) is 0 Å². The van der Waals surface area contributed by atoms with Gasteiger partial charge in [0.2, 0.25) is 29.5 Å². The minimum atomic E-state index is -1.21. The average molecular weight is 745 g/mol. The number of benzene rings is 2. The van der Waals surface area contributed by atoms with Gasteiger partial charge in [0, 0.05) is 30.5 Å². The first-order valence-corrected chi connectivity index (χ1v) is 19.3. The summed E-state index contributed by atoms with van der Waals surface area (Å²) in [6.07, 6.45) is -0.434. The van der Waals surface area contributed by atoms with E-state index < -0.39 is 72.5 Å². The van der Waals surface area contributed by atoms with Crippen LogP contribution in [0.4, 0.5) is 0 Å². The van der Waals surface area contributed by atoms with E-state index in [1.165, 1.54) is 21.1 Å². The first-order valence-electron chi connectivity index (χ1n) is 18.4. The quantitative estimate of drug-likeness (QED) is 0.285. The number of aromatic nitrogens is 1. The van der Waals surface area contributed by atoms with Gasteiger partial charge in [-0.1, -0.05) is 74.5 Å². The summed E-state index contributed by atoms with van der Waals surface area (Å²) in [4.78, 5) is 77.2. The molecule has 0 spiro atoms. The van der Waals surface area contributed by atoms with Crippen LogP contribution in [0.5, 0.6) is 0 Å². The maximum absolute atomic E-state index is 14.3. The predicted octanol–water partition coefficient (Wildman–Crippen LogP) is 2.08. The van der Waals surface area contributed by atoms with Crippen LogP contribution in [0.15, 0.2) is 66.0 Å². The van der Waals surface area contributed by atoms with E-state index in [0.29, 0.717) is 37.9 Å². The van der Waals surface area contributed by atoms with Crippen LogP contribution in [0.25, 0.3) is 10.6 Å². The molecule has 5 amide bonds. The maximum Gasteiger partial charge on any atom is 0.246 e. The number of ether oxygens (including phenoxy) is 1. The summed E-state index contributed by atoms with van der Waals surface area (Å²) >= 11 is 1.41. The summed E-state index contributed by atoms with van der Waals surface area (Å²) < 4.78 is 5.95. The number of aliphatic hydroxyl groups excluding tert-OH is 1. The van der Waals surface area contributed by atoms with Crippen molar-refractivity contribution in [3.63, 3.8) is 0 Å². The molecule has 282 valence electrons. The Morgan fingerprint density at radius 2 is 1.70 bits per heavy atom. The molecule has 0 saturated carbocycles. The van der Waals surface area contributed by atoms with Gasteiger partial charge in [0.05, 0.1) is 31.2 Å². The minimum absolute atomic E-state index is 0.0559. The third-order valence-electron chi connectivity index (χ3n) is 9.97. The van der Waals surface area contributed by atoms with Gasteiger partial charge in [-0.05, 0) is 37.2 Å².